The van der Waals surface area contributed by atoms with E-state index in [0.717, 1.165) is 12.2 Å². The van der Waals surface area contributed by atoms with Crippen molar-refractivity contribution in [2.75, 3.05) is 12.8 Å². The first-order chi connectivity index (χ1) is 9.02. The molecule has 0 fully saturated rings. The van der Waals surface area contributed by atoms with Gasteiger partial charge in [-0.3, -0.25) is 0 Å². The van der Waals surface area contributed by atoms with Crippen molar-refractivity contribution in [3.8, 4) is 0 Å². The molecule has 2 N–H and O–H groups in total. The summed E-state index contributed by atoms with van der Waals surface area (Å²) in [5.74, 6) is 0.700. The highest BCUT2D eigenvalue weighted by molar-refractivity contribution is 5.92. The van der Waals surface area contributed by atoms with E-state index in [2.05, 4.69) is 23.6 Å². The van der Waals surface area contributed by atoms with Crippen molar-refractivity contribution < 1.29 is 9.53 Å². The zero-order valence-corrected chi connectivity index (χ0v) is 12.4. The average Bonchev–Trinajstić information content (AvgIpc) is 2.69. The van der Waals surface area contributed by atoms with E-state index < -0.39 is 5.97 Å². The molecule has 0 aliphatic carbocycles. The molecule has 1 heterocycles. The first-order valence-corrected chi connectivity index (χ1v) is 6.95. The number of carbonyl (C=O) groups excluding carboxylic acids is 1. The summed E-state index contributed by atoms with van der Waals surface area (Å²) in [6.45, 7) is 6.17. The molecule has 0 saturated heterocycles. The van der Waals surface area contributed by atoms with Crippen molar-refractivity contribution in [3.63, 3.8) is 0 Å². The lowest BCUT2D eigenvalue weighted by atomic mass is 10.1. The third-order valence-corrected chi connectivity index (χ3v) is 3.42. The largest absolute Gasteiger partial charge is 0.464 e. The number of anilines is 1. The number of rotatable bonds is 7. The van der Waals surface area contributed by atoms with Gasteiger partial charge in [0.15, 0.2) is 5.69 Å². The molecule has 5 nitrogen and oxygen atoms in total. The van der Waals surface area contributed by atoms with Crippen molar-refractivity contribution in [3.05, 3.63) is 11.5 Å². The van der Waals surface area contributed by atoms with Crippen LogP contribution in [0, 0.1) is 6.92 Å². The highest BCUT2D eigenvalue weighted by atomic mass is 16.5. The second-order valence-electron chi connectivity index (χ2n) is 4.95. The SMILES string of the molecule is CCCCCCC(C)n1c(C)nc(C(=O)OC)c1N. The molecule has 1 unspecified atom stereocenters. The van der Waals surface area contributed by atoms with Crippen molar-refractivity contribution in [1.29, 1.82) is 0 Å². The van der Waals surface area contributed by atoms with Gasteiger partial charge in [-0.2, -0.15) is 0 Å². The van der Waals surface area contributed by atoms with Crippen LogP contribution < -0.4 is 5.73 Å². The molecule has 0 aromatic carbocycles. The molecule has 1 aromatic rings. The molecule has 1 rings (SSSR count). The molecule has 0 aliphatic rings. The van der Waals surface area contributed by atoms with E-state index in [1.807, 2.05) is 11.5 Å². The minimum absolute atomic E-state index is 0.223. The van der Waals surface area contributed by atoms with Gasteiger partial charge < -0.3 is 15.0 Å². The fraction of sp³-hybridized carbons (Fsp3) is 0.714. The van der Waals surface area contributed by atoms with Gasteiger partial charge >= 0.3 is 5.97 Å². The van der Waals surface area contributed by atoms with E-state index in [1.54, 1.807) is 0 Å². The Kier molecular flexibility index (Phi) is 5.86. The molecule has 1 atom stereocenters. The highest BCUT2D eigenvalue weighted by Crippen LogP contribution is 2.24. The molecule has 0 radical (unpaired) electrons. The number of hydrogen-bond acceptors (Lipinski definition) is 4. The molecule has 5 heteroatoms. The maximum atomic E-state index is 11.5. The van der Waals surface area contributed by atoms with Gasteiger partial charge in [0, 0.05) is 6.04 Å². The Balaban J connectivity index is 2.77. The van der Waals surface area contributed by atoms with Crippen LogP contribution in [0.15, 0.2) is 0 Å². The minimum Gasteiger partial charge on any atom is -0.464 e. The molecule has 0 aliphatic heterocycles. The number of unbranched alkanes of at least 4 members (excludes halogenated alkanes) is 3. The second kappa shape index (κ2) is 7.16. The monoisotopic (exact) mass is 267 g/mol. The van der Waals surface area contributed by atoms with Gasteiger partial charge in [0.05, 0.1) is 7.11 Å². The van der Waals surface area contributed by atoms with Gasteiger partial charge in [0.1, 0.15) is 11.6 Å². The lowest BCUT2D eigenvalue weighted by Gasteiger charge is -2.16. The summed E-state index contributed by atoms with van der Waals surface area (Å²) in [7, 11) is 1.34. The maximum absolute atomic E-state index is 11.5. The average molecular weight is 267 g/mol. The summed E-state index contributed by atoms with van der Waals surface area (Å²) in [6, 6.07) is 0.253. The van der Waals surface area contributed by atoms with Crippen LogP contribution in [0.4, 0.5) is 5.82 Å². The van der Waals surface area contributed by atoms with Crippen molar-refractivity contribution in [2.24, 2.45) is 0 Å². The predicted molar refractivity (Wildman–Crippen MR) is 76.2 cm³/mol. The highest BCUT2D eigenvalue weighted by Gasteiger charge is 2.21. The number of methoxy groups -OCH3 is 1. The van der Waals surface area contributed by atoms with Gasteiger partial charge in [-0.05, 0) is 20.3 Å². The van der Waals surface area contributed by atoms with Gasteiger partial charge in [0.25, 0.3) is 0 Å². The number of carbonyl (C=O) groups is 1. The van der Waals surface area contributed by atoms with Crippen LogP contribution >= 0.6 is 0 Å². The summed E-state index contributed by atoms with van der Waals surface area (Å²) in [6.07, 6.45) is 5.94. The van der Waals surface area contributed by atoms with Gasteiger partial charge in [-0.25, -0.2) is 9.78 Å². The first kappa shape index (κ1) is 15.5. The standard InChI is InChI=1S/C14H25N3O2/c1-5-6-7-8-9-10(2)17-11(3)16-12(13(17)15)14(18)19-4/h10H,5-9,15H2,1-4H3. The quantitative estimate of drug-likeness (QED) is 0.608. The van der Waals surface area contributed by atoms with Crippen LogP contribution in [0.25, 0.3) is 0 Å². The number of hydrogen-bond donors (Lipinski definition) is 1. The van der Waals surface area contributed by atoms with Crippen LogP contribution in [0.2, 0.25) is 0 Å². The summed E-state index contributed by atoms with van der Waals surface area (Å²) < 4.78 is 6.61. The topological polar surface area (TPSA) is 70.1 Å². The first-order valence-electron chi connectivity index (χ1n) is 6.95. The molecule has 108 valence electrons. The van der Waals surface area contributed by atoms with Gasteiger partial charge in [0.2, 0.25) is 0 Å². The fourth-order valence-corrected chi connectivity index (χ4v) is 2.36. The molecule has 0 amide bonds. The van der Waals surface area contributed by atoms with E-state index in [4.69, 9.17) is 5.73 Å². The van der Waals surface area contributed by atoms with E-state index in [1.165, 1.54) is 32.8 Å². The lowest BCUT2D eigenvalue weighted by Crippen LogP contribution is -2.12. The summed E-state index contributed by atoms with van der Waals surface area (Å²) in [4.78, 5) is 15.8. The van der Waals surface area contributed by atoms with Crippen LogP contribution in [-0.2, 0) is 4.74 Å². The van der Waals surface area contributed by atoms with Crippen LogP contribution in [-0.4, -0.2) is 22.6 Å². The lowest BCUT2D eigenvalue weighted by molar-refractivity contribution is 0.0595. The van der Waals surface area contributed by atoms with E-state index in [0.29, 0.717) is 5.82 Å². The van der Waals surface area contributed by atoms with E-state index in [-0.39, 0.29) is 11.7 Å². The Hall–Kier alpha value is -1.52. The Bertz CT molecular complexity index is 427. The predicted octanol–water partition coefficient (Wildman–Crippen LogP) is 3.09. The minimum atomic E-state index is -0.475. The summed E-state index contributed by atoms with van der Waals surface area (Å²) >= 11 is 0. The molecule has 0 spiro atoms. The Morgan fingerprint density at radius 1 is 1.42 bits per heavy atom. The summed E-state index contributed by atoms with van der Waals surface area (Å²) in [5, 5.41) is 0. The fourth-order valence-electron chi connectivity index (χ4n) is 2.36. The maximum Gasteiger partial charge on any atom is 0.360 e. The molecular formula is C14H25N3O2. The number of nitrogen functional groups attached to an aromatic ring is 1. The van der Waals surface area contributed by atoms with Crippen molar-refractivity contribution in [1.82, 2.24) is 9.55 Å². The molecule has 1 aromatic heterocycles. The van der Waals surface area contributed by atoms with Crippen molar-refractivity contribution in [2.45, 2.75) is 58.9 Å². The number of esters is 1. The zero-order valence-electron chi connectivity index (χ0n) is 12.4. The number of nitrogens with zero attached hydrogens (tertiary/aromatic N) is 2. The molecule has 0 bridgehead atoms. The smallest absolute Gasteiger partial charge is 0.360 e. The van der Waals surface area contributed by atoms with Gasteiger partial charge in [-0.15, -0.1) is 0 Å². The number of ether oxygens (including phenoxy) is 1. The third-order valence-electron chi connectivity index (χ3n) is 3.42. The van der Waals surface area contributed by atoms with E-state index in [9.17, 15) is 4.79 Å². The number of imidazole rings is 1. The van der Waals surface area contributed by atoms with E-state index >= 15 is 0 Å². The Morgan fingerprint density at radius 3 is 2.68 bits per heavy atom. The molecule has 0 saturated carbocycles. The summed E-state index contributed by atoms with van der Waals surface area (Å²) in [5.41, 5.74) is 6.23. The van der Waals surface area contributed by atoms with Gasteiger partial charge in [-0.1, -0.05) is 32.6 Å². The molecule has 19 heavy (non-hydrogen) atoms. The Morgan fingerprint density at radius 2 is 2.11 bits per heavy atom. The number of nitrogens with two attached hydrogens (primary N) is 1. The van der Waals surface area contributed by atoms with Crippen LogP contribution in [0.3, 0.4) is 0 Å². The second-order valence-corrected chi connectivity index (χ2v) is 4.95. The van der Waals surface area contributed by atoms with Crippen molar-refractivity contribution >= 4 is 11.8 Å². The number of aryl methyl sites for hydroxylation is 1. The third kappa shape index (κ3) is 3.72. The Labute approximate surface area is 115 Å². The number of aromatic nitrogens is 2. The van der Waals surface area contributed by atoms with Crippen LogP contribution in [0.1, 0.15) is 68.3 Å². The van der Waals surface area contributed by atoms with Crippen LogP contribution in [0.5, 0.6) is 0 Å². The zero-order chi connectivity index (χ0) is 14.4. The normalized spacial score (nSPS) is 12.4. The molecular weight excluding hydrogens is 242 g/mol.